The van der Waals surface area contributed by atoms with Crippen LogP contribution < -0.4 is 5.32 Å². The van der Waals surface area contributed by atoms with E-state index in [4.69, 9.17) is 0 Å². The van der Waals surface area contributed by atoms with E-state index in [2.05, 4.69) is 49.2 Å². The lowest BCUT2D eigenvalue weighted by Crippen LogP contribution is -2.38. The van der Waals surface area contributed by atoms with Crippen LogP contribution in [0, 0.1) is 19.8 Å². The molecular formula is C18H30N2. The summed E-state index contributed by atoms with van der Waals surface area (Å²) in [5.41, 5.74) is 4.30. The lowest BCUT2D eigenvalue weighted by molar-refractivity contribution is 0.201. The van der Waals surface area contributed by atoms with Crippen LogP contribution in [0.15, 0.2) is 18.2 Å². The number of benzene rings is 1. The van der Waals surface area contributed by atoms with Gasteiger partial charge in [0.15, 0.2) is 0 Å². The molecule has 0 aromatic heterocycles. The van der Waals surface area contributed by atoms with E-state index in [9.17, 15) is 0 Å². The molecule has 2 nitrogen and oxygen atoms in total. The molecule has 1 heterocycles. The summed E-state index contributed by atoms with van der Waals surface area (Å²) in [6.45, 7) is 12.7. The van der Waals surface area contributed by atoms with Gasteiger partial charge in [-0.2, -0.15) is 0 Å². The van der Waals surface area contributed by atoms with Gasteiger partial charge in [0.2, 0.25) is 0 Å². The largest absolute Gasteiger partial charge is 0.316 e. The van der Waals surface area contributed by atoms with Gasteiger partial charge in [-0.1, -0.05) is 30.7 Å². The van der Waals surface area contributed by atoms with Crippen molar-refractivity contribution in [2.45, 2.75) is 46.6 Å². The zero-order valence-corrected chi connectivity index (χ0v) is 13.4. The van der Waals surface area contributed by atoms with Crippen molar-refractivity contribution < 1.29 is 0 Å². The zero-order chi connectivity index (χ0) is 14.4. The van der Waals surface area contributed by atoms with Crippen molar-refractivity contribution in [2.75, 3.05) is 26.2 Å². The highest BCUT2D eigenvalue weighted by atomic mass is 15.1. The first-order valence-corrected chi connectivity index (χ1v) is 8.18. The maximum absolute atomic E-state index is 3.54. The Balaban J connectivity index is 1.96. The first-order valence-electron chi connectivity index (χ1n) is 8.18. The summed E-state index contributed by atoms with van der Waals surface area (Å²) in [5, 5.41) is 3.54. The van der Waals surface area contributed by atoms with Crippen LogP contribution in [0.2, 0.25) is 0 Å². The monoisotopic (exact) mass is 274 g/mol. The van der Waals surface area contributed by atoms with Crippen molar-refractivity contribution in [3.63, 3.8) is 0 Å². The molecule has 1 aromatic carbocycles. The van der Waals surface area contributed by atoms with Gasteiger partial charge in [-0.25, -0.2) is 0 Å². The van der Waals surface area contributed by atoms with Crippen LogP contribution in [-0.4, -0.2) is 31.1 Å². The maximum atomic E-state index is 3.54. The molecule has 1 aliphatic heterocycles. The molecule has 1 fully saturated rings. The molecule has 0 saturated carbocycles. The summed E-state index contributed by atoms with van der Waals surface area (Å²) in [6, 6.07) is 6.86. The Morgan fingerprint density at radius 3 is 2.80 bits per heavy atom. The highest BCUT2D eigenvalue weighted by Crippen LogP contribution is 2.17. The minimum absolute atomic E-state index is 0.834. The Morgan fingerprint density at radius 2 is 2.15 bits per heavy atom. The Labute approximate surface area is 124 Å². The fraction of sp³-hybridized carbons (Fsp3) is 0.667. The van der Waals surface area contributed by atoms with Crippen molar-refractivity contribution in [1.82, 2.24) is 10.2 Å². The maximum Gasteiger partial charge on any atom is 0.0236 e. The smallest absolute Gasteiger partial charge is 0.0236 e. The molecule has 1 unspecified atom stereocenters. The average molecular weight is 274 g/mol. The van der Waals surface area contributed by atoms with Crippen molar-refractivity contribution in [2.24, 2.45) is 5.92 Å². The Morgan fingerprint density at radius 1 is 1.30 bits per heavy atom. The molecule has 0 bridgehead atoms. The van der Waals surface area contributed by atoms with Gasteiger partial charge in [-0.05, 0) is 69.8 Å². The second-order valence-electron chi connectivity index (χ2n) is 6.38. The number of rotatable bonds is 6. The summed E-state index contributed by atoms with van der Waals surface area (Å²) in [7, 11) is 0. The highest BCUT2D eigenvalue weighted by molar-refractivity contribution is 5.30. The summed E-state index contributed by atoms with van der Waals surface area (Å²) < 4.78 is 0. The molecule has 0 spiro atoms. The van der Waals surface area contributed by atoms with E-state index in [1.54, 1.807) is 0 Å². The molecule has 0 aliphatic carbocycles. The number of aryl methyl sites for hydroxylation is 2. The van der Waals surface area contributed by atoms with Gasteiger partial charge in [0.25, 0.3) is 0 Å². The Kier molecular flexibility index (Phi) is 6.06. The summed E-state index contributed by atoms with van der Waals surface area (Å²) >= 11 is 0. The molecule has 1 aliphatic rings. The number of piperidine rings is 1. The first kappa shape index (κ1) is 15.5. The van der Waals surface area contributed by atoms with E-state index < -0.39 is 0 Å². The van der Waals surface area contributed by atoms with Gasteiger partial charge < -0.3 is 5.32 Å². The Bertz CT molecular complexity index is 408. The minimum atomic E-state index is 0.834. The van der Waals surface area contributed by atoms with Gasteiger partial charge in [0.1, 0.15) is 0 Å². The molecule has 20 heavy (non-hydrogen) atoms. The van der Waals surface area contributed by atoms with E-state index in [1.807, 2.05) is 0 Å². The standard InChI is InChI=1S/C18H30N2/c1-4-10-20(13-17-6-5-9-19-12-17)14-18-8-7-15(2)11-16(18)3/h7-8,11,17,19H,4-6,9-10,12-14H2,1-3H3. The number of nitrogens with one attached hydrogen (secondary N) is 1. The molecule has 2 rings (SSSR count). The quantitative estimate of drug-likeness (QED) is 0.854. The van der Waals surface area contributed by atoms with Crippen LogP contribution in [0.4, 0.5) is 0 Å². The van der Waals surface area contributed by atoms with E-state index in [1.165, 1.54) is 62.1 Å². The summed E-state index contributed by atoms with van der Waals surface area (Å²) in [5.74, 6) is 0.834. The second kappa shape index (κ2) is 7.80. The third kappa shape index (κ3) is 4.60. The summed E-state index contributed by atoms with van der Waals surface area (Å²) in [6.07, 6.45) is 3.97. The third-order valence-electron chi connectivity index (χ3n) is 4.35. The van der Waals surface area contributed by atoms with Gasteiger partial charge >= 0.3 is 0 Å². The molecule has 2 heteroatoms. The fourth-order valence-corrected chi connectivity index (χ4v) is 3.26. The lowest BCUT2D eigenvalue weighted by Gasteiger charge is -2.30. The Hall–Kier alpha value is -0.860. The van der Waals surface area contributed by atoms with Crippen molar-refractivity contribution in [1.29, 1.82) is 0 Å². The van der Waals surface area contributed by atoms with Crippen LogP contribution in [0.25, 0.3) is 0 Å². The van der Waals surface area contributed by atoms with E-state index in [-0.39, 0.29) is 0 Å². The SMILES string of the molecule is CCCN(Cc1ccc(C)cc1C)CC1CCCNC1. The number of hydrogen-bond donors (Lipinski definition) is 1. The van der Waals surface area contributed by atoms with Crippen molar-refractivity contribution >= 4 is 0 Å². The zero-order valence-electron chi connectivity index (χ0n) is 13.4. The van der Waals surface area contributed by atoms with Crippen LogP contribution >= 0.6 is 0 Å². The third-order valence-corrected chi connectivity index (χ3v) is 4.35. The molecule has 1 saturated heterocycles. The van der Waals surface area contributed by atoms with E-state index in [0.29, 0.717) is 0 Å². The topological polar surface area (TPSA) is 15.3 Å². The van der Waals surface area contributed by atoms with Gasteiger partial charge in [0.05, 0.1) is 0 Å². The molecule has 0 amide bonds. The fourth-order valence-electron chi connectivity index (χ4n) is 3.26. The highest BCUT2D eigenvalue weighted by Gasteiger charge is 2.17. The normalized spacial score (nSPS) is 19.5. The van der Waals surface area contributed by atoms with E-state index in [0.717, 1.165) is 12.5 Å². The van der Waals surface area contributed by atoms with Crippen LogP contribution in [0.5, 0.6) is 0 Å². The molecule has 1 N–H and O–H groups in total. The predicted molar refractivity (Wildman–Crippen MR) is 87.1 cm³/mol. The lowest BCUT2D eigenvalue weighted by atomic mass is 9.98. The number of hydrogen-bond acceptors (Lipinski definition) is 2. The molecule has 112 valence electrons. The van der Waals surface area contributed by atoms with E-state index >= 15 is 0 Å². The average Bonchev–Trinajstić information content (AvgIpc) is 2.43. The summed E-state index contributed by atoms with van der Waals surface area (Å²) in [4.78, 5) is 2.65. The van der Waals surface area contributed by atoms with Crippen LogP contribution in [0.1, 0.15) is 42.9 Å². The van der Waals surface area contributed by atoms with Gasteiger partial charge in [-0.15, -0.1) is 0 Å². The molecule has 0 radical (unpaired) electrons. The number of nitrogens with zero attached hydrogens (tertiary/aromatic N) is 1. The minimum Gasteiger partial charge on any atom is -0.316 e. The van der Waals surface area contributed by atoms with Crippen LogP contribution in [0.3, 0.4) is 0 Å². The second-order valence-corrected chi connectivity index (χ2v) is 6.38. The van der Waals surface area contributed by atoms with Gasteiger partial charge in [0, 0.05) is 13.1 Å². The molecular weight excluding hydrogens is 244 g/mol. The predicted octanol–water partition coefficient (Wildman–Crippen LogP) is 3.52. The molecule has 1 atom stereocenters. The first-order chi connectivity index (χ1) is 9.69. The van der Waals surface area contributed by atoms with Crippen molar-refractivity contribution in [3.05, 3.63) is 34.9 Å². The van der Waals surface area contributed by atoms with Crippen molar-refractivity contribution in [3.8, 4) is 0 Å². The van der Waals surface area contributed by atoms with Gasteiger partial charge in [-0.3, -0.25) is 4.90 Å². The molecule has 1 aromatic rings. The van der Waals surface area contributed by atoms with Crippen LogP contribution in [-0.2, 0) is 6.54 Å².